The van der Waals surface area contributed by atoms with E-state index >= 15 is 0 Å². The SMILES string of the molecule is COC(C)(C)CNC(=O)c1cc(Cl)c(Br)c(S(=O)(=O)Cl)c1. The van der Waals surface area contributed by atoms with Crippen LogP contribution in [-0.2, 0) is 13.8 Å². The molecule has 0 saturated carbocycles. The molecule has 0 aliphatic carbocycles. The lowest BCUT2D eigenvalue weighted by Crippen LogP contribution is -2.39. The fourth-order valence-electron chi connectivity index (χ4n) is 1.34. The van der Waals surface area contributed by atoms with Crippen LogP contribution >= 0.6 is 38.2 Å². The van der Waals surface area contributed by atoms with Crippen molar-refractivity contribution in [1.29, 1.82) is 0 Å². The van der Waals surface area contributed by atoms with E-state index in [2.05, 4.69) is 21.2 Å². The summed E-state index contributed by atoms with van der Waals surface area (Å²) in [6, 6.07) is 2.51. The van der Waals surface area contributed by atoms with E-state index in [1.165, 1.54) is 13.2 Å². The Morgan fingerprint density at radius 1 is 1.43 bits per heavy atom. The van der Waals surface area contributed by atoms with Crippen LogP contribution in [0, 0.1) is 0 Å². The Hall–Kier alpha value is -0.340. The number of carbonyl (C=O) groups is 1. The van der Waals surface area contributed by atoms with Gasteiger partial charge in [0.05, 0.1) is 20.0 Å². The highest BCUT2D eigenvalue weighted by atomic mass is 79.9. The monoisotopic (exact) mass is 417 g/mol. The maximum atomic E-state index is 12.1. The van der Waals surface area contributed by atoms with Gasteiger partial charge in [0.2, 0.25) is 0 Å². The Balaban J connectivity index is 3.10. The first-order valence-corrected chi connectivity index (χ1v) is 9.23. The second kappa shape index (κ2) is 6.83. The molecule has 1 N–H and O–H groups in total. The Kier molecular flexibility index (Phi) is 6.08. The molecule has 1 amide bonds. The van der Waals surface area contributed by atoms with Crippen molar-refractivity contribution in [2.24, 2.45) is 0 Å². The lowest BCUT2D eigenvalue weighted by molar-refractivity contribution is 0.0228. The first kappa shape index (κ1) is 18.7. The van der Waals surface area contributed by atoms with Gasteiger partial charge in [-0.3, -0.25) is 4.79 Å². The predicted molar refractivity (Wildman–Crippen MR) is 85.6 cm³/mol. The van der Waals surface area contributed by atoms with Crippen LogP contribution in [0.25, 0.3) is 0 Å². The Morgan fingerprint density at radius 3 is 2.48 bits per heavy atom. The molecular weight excluding hydrogens is 405 g/mol. The first-order valence-electron chi connectivity index (χ1n) is 5.75. The van der Waals surface area contributed by atoms with Crippen LogP contribution in [-0.4, -0.2) is 33.6 Å². The standard InChI is InChI=1S/C12H14BrCl2NO4S/c1-12(2,20-3)6-16-11(17)7-4-8(14)10(13)9(5-7)21(15,18)19/h4-5H,6H2,1-3H3,(H,16,17). The van der Waals surface area contributed by atoms with Crippen molar-refractivity contribution >= 4 is 53.2 Å². The van der Waals surface area contributed by atoms with E-state index in [1.807, 2.05) is 0 Å². The van der Waals surface area contributed by atoms with Gasteiger partial charge in [0.25, 0.3) is 15.0 Å². The van der Waals surface area contributed by atoms with Crippen LogP contribution in [0.4, 0.5) is 0 Å². The first-order chi connectivity index (χ1) is 9.48. The summed E-state index contributed by atoms with van der Waals surface area (Å²) in [6.07, 6.45) is 0. The smallest absolute Gasteiger partial charge is 0.262 e. The Bertz CT molecular complexity index is 661. The van der Waals surface area contributed by atoms with Crippen LogP contribution in [0.15, 0.2) is 21.5 Å². The van der Waals surface area contributed by atoms with E-state index in [-0.39, 0.29) is 26.5 Å². The molecule has 1 aromatic rings. The largest absolute Gasteiger partial charge is 0.377 e. The number of rotatable bonds is 5. The van der Waals surface area contributed by atoms with Gasteiger partial charge in [-0.05, 0) is 41.9 Å². The summed E-state index contributed by atoms with van der Waals surface area (Å²) in [5.74, 6) is -0.476. The summed E-state index contributed by atoms with van der Waals surface area (Å²) < 4.78 is 28.2. The van der Waals surface area contributed by atoms with E-state index < -0.39 is 20.6 Å². The summed E-state index contributed by atoms with van der Waals surface area (Å²) in [5, 5.41) is 2.72. The maximum absolute atomic E-state index is 12.1. The number of methoxy groups -OCH3 is 1. The zero-order valence-electron chi connectivity index (χ0n) is 11.5. The number of hydrogen-bond donors (Lipinski definition) is 1. The molecule has 1 rings (SSSR count). The highest BCUT2D eigenvalue weighted by Gasteiger charge is 2.22. The highest BCUT2D eigenvalue weighted by molar-refractivity contribution is 9.10. The second-order valence-electron chi connectivity index (χ2n) is 4.85. The molecule has 118 valence electrons. The fraction of sp³-hybridized carbons (Fsp3) is 0.417. The van der Waals surface area contributed by atoms with Gasteiger partial charge in [-0.2, -0.15) is 0 Å². The minimum Gasteiger partial charge on any atom is -0.377 e. The minimum absolute atomic E-state index is 0.0767. The normalized spacial score (nSPS) is 12.3. The van der Waals surface area contributed by atoms with Crippen molar-refractivity contribution in [1.82, 2.24) is 5.32 Å². The lowest BCUT2D eigenvalue weighted by Gasteiger charge is -2.23. The highest BCUT2D eigenvalue weighted by Crippen LogP contribution is 2.33. The lowest BCUT2D eigenvalue weighted by atomic mass is 10.1. The molecular formula is C12H14BrCl2NO4S. The van der Waals surface area contributed by atoms with Gasteiger partial charge < -0.3 is 10.1 Å². The van der Waals surface area contributed by atoms with E-state index in [9.17, 15) is 13.2 Å². The molecule has 0 saturated heterocycles. The van der Waals surface area contributed by atoms with E-state index in [4.69, 9.17) is 27.0 Å². The summed E-state index contributed by atoms with van der Waals surface area (Å²) in [5.41, 5.74) is -0.453. The van der Waals surface area contributed by atoms with Gasteiger partial charge in [-0.25, -0.2) is 8.42 Å². The van der Waals surface area contributed by atoms with Crippen molar-refractivity contribution < 1.29 is 17.9 Å². The molecule has 0 atom stereocenters. The summed E-state index contributed by atoms with van der Waals surface area (Å²) in [7, 11) is 2.82. The molecule has 0 fully saturated rings. The number of ether oxygens (including phenoxy) is 1. The van der Waals surface area contributed by atoms with Crippen LogP contribution in [0.3, 0.4) is 0 Å². The molecule has 0 aromatic heterocycles. The number of carbonyl (C=O) groups excluding carboxylic acids is 1. The number of nitrogens with one attached hydrogen (secondary N) is 1. The molecule has 9 heteroatoms. The van der Waals surface area contributed by atoms with Crippen LogP contribution < -0.4 is 5.32 Å². The minimum atomic E-state index is -4.02. The van der Waals surface area contributed by atoms with E-state index in [0.29, 0.717) is 0 Å². The number of amides is 1. The van der Waals surface area contributed by atoms with Crippen molar-refractivity contribution in [3.63, 3.8) is 0 Å². The molecule has 0 radical (unpaired) electrons. The quantitative estimate of drug-likeness (QED) is 0.745. The average Bonchev–Trinajstić information content (AvgIpc) is 2.37. The van der Waals surface area contributed by atoms with Crippen molar-refractivity contribution in [2.75, 3.05) is 13.7 Å². The molecule has 1 aromatic carbocycles. The van der Waals surface area contributed by atoms with E-state index in [1.54, 1.807) is 13.8 Å². The third-order valence-electron chi connectivity index (χ3n) is 2.75. The topological polar surface area (TPSA) is 72.5 Å². The van der Waals surface area contributed by atoms with Crippen LogP contribution in [0.1, 0.15) is 24.2 Å². The van der Waals surface area contributed by atoms with Gasteiger partial charge in [0.15, 0.2) is 0 Å². The fourth-order valence-corrected chi connectivity index (χ4v) is 3.72. The Morgan fingerprint density at radius 2 is 2.00 bits per heavy atom. The summed E-state index contributed by atoms with van der Waals surface area (Å²) in [4.78, 5) is 11.8. The summed E-state index contributed by atoms with van der Waals surface area (Å²) in [6.45, 7) is 3.85. The molecule has 0 aliphatic heterocycles. The predicted octanol–water partition coefficient (Wildman–Crippen LogP) is 3.18. The van der Waals surface area contributed by atoms with Gasteiger partial charge in [-0.15, -0.1) is 0 Å². The molecule has 21 heavy (non-hydrogen) atoms. The van der Waals surface area contributed by atoms with Gasteiger partial charge in [-0.1, -0.05) is 11.6 Å². The number of hydrogen-bond acceptors (Lipinski definition) is 4. The third-order valence-corrected chi connectivity index (χ3v) is 5.74. The van der Waals surface area contributed by atoms with E-state index in [0.717, 1.165) is 6.07 Å². The molecule has 0 unspecified atom stereocenters. The zero-order chi connectivity index (χ0) is 16.4. The van der Waals surface area contributed by atoms with Gasteiger partial charge in [0, 0.05) is 29.9 Å². The average molecular weight is 419 g/mol. The molecule has 0 bridgehead atoms. The van der Waals surface area contributed by atoms with Crippen LogP contribution in [0.2, 0.25) is 5.02 Å². The zero-order valence-corrected chi connectivity index (χ0v) is 15.5. The Labute approximate surface area is 141 Å². The second-order valence-corrected chi connectivity index (χ2v) is 8.59. The van der Waals surface area contributed by atoms with Crippen molar-refractivity contribution in [2.45, 2.75) is 24.3 Å². The van der Waals surface area contributed by atoms with Gasteiger partial charge >= 0.3 is 0 Å². The molecule has 0 heterocycles. The molecule has 0 aliphatic rings. The summed E-state index contributed by atoms with van der Waals surface area (Å²) >= 11 is 8.95. The number of halogens is 3. The van der Waals surface area contributed by atoms with Crippen molar-refractivity contribution in [3.8, 4) is 0 Å². The third kappa shape index (κ3) is 5.10. The van der Waals surface area contributed by atoms with Crippen LogP contribution in [0.5, 0.6) is 0 Å². The van der Waals surface area contributed by atoms with Crippen molar-refractivity contribution in [3.05, 3.63) is 27.2 Å². The molecule has 0 spiro atoms. The maximum Gasteiger partial charge on any atom is 0.262 e. The number of benzene rings is 1. The molecule has 5 nitrogen and oxygen atoms in total. The van der Waals surface area contributed by atoms with Gasteiger partial charge in [0.1, 0.15) is 0 Å².